The SMILES string of the molecule is C[C@@H]1C[C@@H](C)CN(S(=O)(=O)c2cccc(C(=O)OCc3noc(-c4ccsc4)n3)c2)C1. The summed E-state index contributed by atoms with van der Waals surface area (Å²) in [5.74, 6) is 0.514. The third kappa shape index (κ3) is 4.86. The highest BCUT2D eigenvalue weighted by molar-refractivity contribution is 7.89. The Bertz CT molecular complexity index is 1150. The molecule has 8 nitrogen and oxygen atoms in total. The second kappa shape index (κ2) is 8.89. The summed E-state index contributed by atoms with van der Waals surface area (Å²) >= 11 is 1.51. The average molecular weight is 462 g/mol. The van der Waals surface area contributed by atoms with Crippen LogP contribution in [-0.2, 0) is 21.4 Å². The molecule has 0 unspecified atom stereocenters. The molecule has 2 atom stereocenters. The molecule has 0 saturated carbocycles. The van der Waals surface area contributed by atoms with E-state index in [1.807, 2.05) is 30.7 Å². The number of benzene rings is 1. The number of carbonyl (C=O) groups excluding carboxylic acids is 1. The molecule has 164 valence electrons. The number of rotatable bonds is 6. The Labute approximate surface area is 184 Å². The second-order valence-corrected chi connectivity index (χ2v) is 10.6. The fourth-order valence-electron chi connectivity index (χ4n) is 3.76. The van der Waals surface area contributed by atoms with Crippen molar-refractivity contribution in [2.45, 2.75) is 31.8 Å². The predicted octanol–water partition coefficient (Wildman–Crippen LogP) is 3.82. The number of nitrogens with zero attached hydrogens (tertiary/aromatic N) is 3. The minimum Gasteiger partial charge on any atom is -0.454 e. The van der Waals surface area contributed by atoms with Gasteiger partial charge >= 0.3 is 5.97 Å². The summed E-state index contributed by atoms with van der Waals surface area (Å²) in [6.07, 6.45) is 1.00. The van der Waals surface area contributed by atoms with Gasteiger partial charge in [-0.1, -0.05) is 25.1 Å². The molecule has 1 saturated heterocycles. The van der Waals surface area contributed by atoms with E-state index in [2.05, 4.69) is 10.1 Å². The highest BCUT2D eigenvalue weighted by atomic mass is 32.2. The molecule has 31 heavy (non-hydrogen) atoms. The average Bonchev–Trinajstić information content (AvgIpc) is 3.43. The van der Waals surface area contributed by atoms with Gasteiger partial charge in [-0.15, -0.1) is 0 Å². The number of sulfonamides is 1. The molecule has 3 heterocycles. The number of esters is 1. The summed E-state index contributed by atoms with van der Waals surface area (Å²) in [6, 6.07) is 7.78. The Kier molecular flexibility index (Phi) is 6.22. The second-order valence-electron chi connectivity index (χ2n) is 7.90. The molecule has 3 aromatic rings. The molecule has 0 radical (unpaired) electrons. The molecular weight excluding hydrogens is 438 g/mol. The molecule has 1 aliphatic heterocycles. The van der Waals surface area contributed by atoms with Gasteiger partial charge in [0.2, 0.25) is 15.8 Å². The van der Waals surface area contributed by atoms with E-state index in [0.717, 1.165) is 12.0 Å². The van der Waals surface area contributed by atoms with Crippen LogP contribution in [0.1, 0.15) is 36.5 Å². The lowest BCUT2D eigenvalue weighted by molar-refractivity contribution is 0.0459. The third-order valence-corrected chi connectivity index (χ3v) is 7.62. The maximum atomic E-state index is 13.1. The number of carbonyl (C=O) groups is 1. The summed E-state index contributed by atoms with van der Waals surface area (Å²) < 4.78 is 38.1. The Hall–Kier alpha value is -2.56. The Morgan fingerprint density at radius 1 is 1.26 bits per heavy atom. The first-order valence-electron chi connectivity index (χ1n) is 9.95. The molecule has 0 aliphatic carbocycles. The van der Waals surface area contributed by atoms with Gasteiger partial charge in [0.05, 0.1) is 16.0 Å². The summed E-state index contributed by atoms with van der Waals surface area (Å²) in [5.41, 5.74) is 0.954. The number of ether oxygens (including phenoxy) is 1. The van der Waals surface area contributed by atoms with Crippen LogP contribution < -0.4 is 0 Å². The smallest absolute Gasteiger partial charge is 0.338 e. The maximum Gasteiger partial charge on any atom is 0.338 e. The van der Waals surface area contributed by atoms with Crippen molar-refractivity contribution in [1.82, 2.24) is 14.4 Å². The van der Waals surface area contributed by atoms with Crippen molar-refractivity contribution in [3.63, 3.8) is 0 Å². The highest BCUT2D eigenvalue weighted by Crippen LogP contribution is 2.27. The van der Waals surface area contributed by atoms with Crippen LogP contribution in [0.2, 0.25) is 0 Å². The van der Waals surface area contributed by atoms with Gasteiger partial charge in [0, 0.05) is 18.5 Å². The van der Waals surface area contributed by atoms with Crippen LogP contribution in [0.3, 0.4) is 0 Å². The fraction of sp³-hybridized carbons (Fsp3) is 0.381. The number of hydrogen-bond acceptors (Lipinski definition) is 8. The Morgan fingerprint density at radius 2 is 2.03 bits per heavy atom. The number of piperidine rings is 1. The lowest BCUT2D eigenvalue weighted by atomic mass is 9.94. The van der Waals surface area contributed by atoms with Crippen molar-refractivity contribution < 1.29 is 22.5 Å². The van der Waals surface area contributed by atoms with Crippen molar-refractivity contribution in [3.05, 3.63) is 52.5 Å². The monoisotopic (exact) mass is 461 g/mol. The van der Waals surface area contributed by atoms with Gasteiger partial charge in [-0.05, 0) is 47.9 Å². The topological polar surface area (TPSA) is 103 Å². The Morgan fingerprint density at radius 3 is 2.74 bits per heavy atom. The first-order valence-corrected chi connectivity index (χ1v) is 12.3. The van der Waals surface area contributed by atoms with E-state index in [-0.39, 0.29) is 22.9 Å². The van der Waals surface area contributed by atoms with Gasteiger partial charge in [-0.25, -0.2) is 13.2 Å². The highest BCUT2D eigenvalue weighted by Gasteiger charge is 2.32. The fourth-order valence-corrected chi connectivity index (χ4v) is 6.12. The van der Waals surface area contributed by atoms with Gasteiger partial charge in [0.25, 0.3) is 5.89 Å². The standard InChI is InChI=1S/C21H23N3O5S2/c1-14-8-15(2)11-24(10-14)31(26,27)18-5-3-4-16(9-18)21(25)28-12-19-22-20(29-23-19)17-6-7-30-13-17/h3-7,9,13-15H,8,10-12H2,1-2H3/t14-,15-/m1/s1. The molecular formula is C21H23N3O5S2. The summed E-state index contributed by atoms with van der Waals surface area (Å²) in [5, 5.41) is 7.58. The molecule has 1 fully saturated rings. The quantitative estimate of drug-likeness (QED) is 0.514. The van der Waals surface area contributed by atoms with Crippen LogP contribution in [0.25, 0.3) is 11.5 Å². The van der Waals surface area contributed by atoms with E-state index < -0.39 is 16.0 Å². The minimum absolute atomic E-state index is 0.0857. The van der Waals surface area contributed by atoms with Crippen LogP contribution in [0.15, 0.2) is 50.5 Å². The number of thiophene rings is 1. The lowest BCUT2D eigenvalue weighted by Gasteiger charge is -2.34. The van der Waals surface area contributed by atoms with E-state index in [0.29, 0.717) is 30.8 Å². The zero-order valence-electron chi connectivity index (χ0n) is 17.2. The van der Waals surface area contributed by atoms with E-state index >= 15 is 0 Å². The molecule has 0 bridgehead atoms. The number of aromatic nitrogens is 2. The molecule has 1 aliphatic rings. The molecule has 10 heteroatoms. The largest absolute Gasteiger partial charge is 0.454 e. The first-order chi connectivity index (χ1) is 14.8. The van der Waals surface area contributed by atoms with Gasteiger partial charge in [-0.2, -0.15) is 20.6 Å². The zero-order chi connectivity index (χ0) is 22.0. The third-order valence-electron chi connectivity index (χ3n) is 5.11. The predicted molar refractivity (Wildman–Crippen MR) is 115 cm³/mol. The van der Waals surface area contributed by atoms with Gasteiger partial charge in [0.1, 0.15) is 0 Å². The van der Waals surface area contributed by atoms with Crippen LogP contribution in [0.4, 0.5) is 0 Å². The van der Waals surface area contributed by atoms with Crippen molar-refractivity contribution in [2.75, 3.05) is 13.1 Å². The van der Waals surface area contributed by atoms with Crippen molar-refractivity contribution in [3.8, 4) is 11.5 Å². The van der Waals surface area contributed by atoms with Gasteiger partial charge in [-0.3, -0.25) is 0 Å². The molecule has 4 rings (SSSR count). The zero-order valence-corrected chi connectivity index (χ0v) is 18.9. The summed E-state index contributed by atoms with van der Waals surface area (Å²) in [7, 11) is -3.69. The van der Waals surface area contributed by atoms with E-state index in [9.17, 15) is 13.2 Å². The van der Waals surface area contributed by atoms with Crippen molar-refractivity contribution >= 4 is 27.3 Å². The van der Waals surface area contributed by atoms with E-state index in [4.69, 9.17) is 9.26 Å². The lowest BCUT2D eigenvalue weighted by Crippen LogP contribution is -2.42. The molecule has 0 N–H and O–H groups in total. The van der Waals surface area contributed by atoms with Crippen LogP contribution >= 0.6 is 11.3 Å². The van der Waals surface area contributed by atoms with Crippen LogP contribution in [-0.4, -0.2) is 41.9 Å². The van der Waals surface area contributed by atoms with E-state index in [1.165, 1.54) is 33.8 Å². The number of hydrogen-bond donors (Lipinski definition) is 0. The van der Waals surface area contributed by atoms with E-state index in [1.54, 1.807) is 6.07 Å². The van der Waals surface area contributed by atoms with Gasteiger partial charge < -0.3 is 9.26 Å². The molecule has 1 aromatic carbocycles. The van der Waals surface area contributed by atoms with Crippen LogP contribution in [0.5, 0.6) is 0 Å². The summed E-state index contributed by atoms with van der Waals surface area (Å²) in [6.45, 7) is 4.88. The Balaban J connectivity index is 1.44. The molecule has 2 aromatic heterocycles. The maximum absolute atomic E-state index is 13.1. The summed E-state index contributed by atoms with van der Waals surface area (Å²) in [4.78, 5) is 16.8. The van der Waals surface area contributed by atoms with Crippen LogP contribution in [0, 0.1) is 11.8 Å². The first kappa shape index (κ1) is 21.7. The van der Waals surface area contributed by atoms with Gasteiger partial charge in [0.15, 0.2) is 6.61 Å². The molecule has 0 amide bonds. The van der Waals surface area contributed by atoms with Crippen molar-refractivity contribution in [2.24, 2.45) is 11.8 Å². The normalized spacial score (nSPS) is 19.9. The molecule has 0 spiro atoms. The minimum atomic E-state index is -3.69. The van der Waals surface area contributed by atoms with Crippen molar-refractivity contribution in [1.29, 1.82) is 0 Å².